The maximum atomic E-state index is 13.1. The van der Waals surface area contributed by atoms with E-state index in [-0.39, 0.29) is 23.8 Å². The predicted molar refractivity (Wildman–Crippen MR) is 93.9 cm³/mol. The molecule has 0 aromatic heterocycles. The minimum atomic E-state index is -0.600. The lowest BCUT2D eigenvalue weighted by atomic mass is 9.71. The number of allylic oxidation sites excluding steroid dienone is 1. The zero-order valence-corrected chi connectivity index (χ0v) is 14.9. The molecule has 1 aliphatic carbocycles. The van der Waals surface area contributed by atoms with Crippen LogP contribution in [-0.4, -0.2) is 37.0 Å². The standard InChI is InChI=1S/C20H22N2O3/c1-11-5-8-16-17(22(11)3)21-19(24)20(16)10-14-9-13(18(23)25-4)6-7-15(14)12(20)2/h5-9,11-12H,10H2,1-4H3,(H,21,24). The fraction of sp³-hybridized carbons (Fsp3) is 0.400. The fourth-order valence-electron chi connectivity index (χ4n) is 4.44. The van der Waals surface area contributed by atoms with Crippen molar-refractivity contribution in [2.75, 3.05) is 14.2 Å². The summed E-state index contributed by atoms with van der Waals surface area (Å²) in [4.78, 5) is 27.0. The summed E-state index contributed by atoms with van der Waals surface area (Å²) in [5.74, 6) is 0.658. The first kappa shape index (κ1) is 15.9. The Morgan fingerprint density at radius 3 is 2.84 bits per heavy atom. The Kier molecular flexibility index (Phi) is 3.33. The number of nitrogens with zero attached hydrogens (tertiary/aromatic N) is 1. The monoisotopic (exact) mass is 338 g/mol. The second-order valence-corrected chi connectivity index (χ2v) is 7.20. The number of nitrogens with one attached hydrogen (secondary N) is 1. The topological polar surface area (TPSA) is 58.6 Å². The van der Waals surface area contributed by atoms with Crippen LogP contribution in [0.1, 0.15) is 41.3 Å². The first-order valence-corrected chi connectivity index (χ1v) is 8.58. The molecule has 1 aromatic rings. The number of ether oxygens (including phenoxy) is 1. The number of methoxy groups -OCH3 is 1. The molecule has 3 aliphatic rings. The van der Waals surface area contributed by atoms with Crippen LogP contribution in [-0.2, 0) is 16.0 Å². The van der Waals surface area contributed by atoms with Gasteiger partial charge in [-0.15, -0.1) is 0 Å². The second-order valence-electron chi connectivity index (χ2n) is 7.20. The maximum absolute atomic E-state index is 13.1. The molecule has 0 saturated heterocycles. The molecule has 1 aromatic carbocycles. The maximum Gasteiger partial charge on any atom is 0.337 e. The van der Waals surface area contributed by atoms with E-state index >= 15 is 0 Å². The van der Waals surface area contributed by atoms with Crippen LogP contribution in [0.3, 0.4) is 0 Å². The van der Waals surface area contributed by atoms with Crippen LogP contribution in [0.15, 0.2) is 41.7 Å². The third-order valence-corrected chi connectivity index (χ3v) is 6.12. The molecule has 0 bridgehead atoms. The van der Waals surface area contributed by atoms with Gasteiger partial charge in [0.15, 0.2) is 0 Å². The highest BCUT2D eigenvalue weighted by molar-refractivity contribution is 5.95. The SMILES string of the molecule is COC(=O)c1ccc2c(c1)CC1(C(=O)NC3=C1C=CC(C)N3C)C2C. The van der Waals surface area contributed by atoms with Gasteiger partial charge in [-0.1, -0.05) is 25.1 Å². The number of hydrogen-bond acceptors (Lipinski definition) is 4. The zero-order valence-electron chi connectivity index (χ0n) is 14.9. The van der Waals surface area contributed by atoms with Gasteiger partial charge in [0.05, 0.1) is 18.1 Å². The summed E-state index contributed by atoms with van der Waals surface area (Å²) >= 11 is 0. The van der Waals surface area contributed by atoms with Crippen molar-refractivity contribution in [3.63, 3.8) is 0 Å². The molecule has 5 heteroatoms. The van der Waals surface area contributed by atoms with Gasteiger partial charge in [-0.2, -0.15) is 0 Å². The van der Waals surface area contributed by atoms with Gasteiger partial charge in [0.2, 0.25) is 5.91 Å². The molecular weight excluding hydrogens is 316 g/mol. The summed E-state index contributed by atoms with van der Waals surface area (Å²) in [7, 11) is 3.38. The van der Waals surface area contributed by atoms with Gasteiger partial charge in [-0.25, -0.2) is 4.79 Å². The number of esters is 1. The van der Waals surface area contributed by atoms with Gasteiger partial charge in [0, 0.05) is 24.6 Å². The lowest BCUT2D eigenvalue weighted by Gasteiger charge is -2.32. The Bertz CT molecular complexity index is 854. The molecule has 1 N–H and O–H groups in total. The van der Waals surface area contributed by atoms with Crippen LogP contribution in [0.5, 0.6) is 0 Å². The molecule has 0 saturated carbocycles. The van der Waals surface area contributed by atoms with E-state index in [0.29, 0.717) is 12.0 Å². The third-order valence-electron chi connectivity index (χ3n) is 6.12. The van der Waals surface area contributed by atoms with Crippen LogP contribution in [0, 0.1) is 5.41 Å². The molecule has 1 spiro atoms. The van der Waals surface area contributed by atoms with E-state index in [1.807, 2.05) is 19.2 Å². The van der Waals surface area contributed by atoms with Gasteiger partial charge in [0.1, 0.15) is 5.82 Å². The van der Waals surface area contributed by atoms with E-state index in [0.717, 1.165) is 22.5 Å². The normalized spacial score (nSPS) is 29.8. The lowest BCUT2D eigenvalue weighted by molar-refractivity contribution is -0.127. The predicted octanol–water partition coefficient (Wildman–Crippen LogP) is 2.35. The molecule has 4 rings (SSSR count). The molecule has 3 atom stereocenters. The van der Waals surface area contributed by atoms with Crippen LogP contribution in [0.25, 0.3) is 0 Å². The smallest absolute Gasteiger partial charge is 0.337 e. The average molecular weight is 338 g/mol. The van der Waals surface area contributed by atoms with Crippen LogP contribution in [0.4, 0.5) is 0 Å². The molecular formula is C20H22N2O3. The number of hydrogen-bond donors (Lipinski definition) is 1. The van der Waals surface area contributed by atoms with Gasteiger partial charge < -0.3 is 15.0 Å². The summed E-state index contributed by atoms with van der Waals surface area (Å²) in [5.41, 5.74) is 3.17. The first-order valence-electron chi connectivity index (χ1n) is 8.58. The van der Waals surface area contributed by atoms with E-state index in [1.165, 1.54) is 7.11 Å². The van der Waals surface area contributed by atoms with E-state index < -0.39 is 5.41 Å². The van der Waals surface area contributed by atoms with Crippen LogP contribution < -0.4 is 5.32 Å². The number of benzene rings is 1. The van der Waals surface area contributed by atoms with Crippen LogP contribution in [0.2, 0.25) is 0 Å². The summed E-state index contributed by atoms with van der Waals surface area (Å²) < 4.78 is 4.83. The van der Waals surface area contributed by atoms with Gasteiger partial charge >= 0.3 is 5.97 Å². The Labute approximate surface area is 147 Å². The van der Waals surface area contributed by atoms with Crippen molar-refractivity contribution >= 4 is 11.9 Å². The van der Waals surface area contributed by atoms with Gasteiger partial charge in [-0.3, -0.25) is 4.79 Å². The average Bonchev–Trinajstić information content (AvgIpc) is 3.06. The number of fused-ring (bicyclic) bond motifs is 2. The largest absolute Gasteiger partial charge is 0.465 e. The third kappa shape index (κ3) is 1.95. The minimum Gasteiger partial charge on any atom is -0.465 e. The Morgan fingerprint density at radius 1 is 1.36 bits per heavy atom. The van der Waals surface area contributed by atoms with Crippen molar-refractivity contribution in [1.29, 1.82) is 0 Å². The Morgan fingerprint density at radius 2 is 2.12 bits per heavy atom. The number of amides is 1. The molecule has 130 valence electrons. The Hall–Kier alpha value is -2.56. The summed E-state index contributed by atoms with van der Waals surface area (Å²) in [5, 5.41) is 3.11. The number of carbonyl (C=O) groups excluding carboxylic acids is 2. The highest BCUT2D eigenvalue weighted by atomic mass is 16.5. The Balaban J connectivity index is 1.81. The molecule has 5 nitrogen and oxygen atoms in total. The van der Waals surface area contributed by atoms with E-state index in [1.54, 1.807) is 6.07 Å². The summed E-state index contributed by atoms with van der Waals surface area (Å²) in [6.45, 7) is 4.21. The molecule has 0 fully saturated rings. The zero-order chi connectivity index (χ0) is 17.9. The fourth-order valence-corrected chi connectivity index (χ4v) is 4.44. The highest BCUT2D eigenvalue weighted by Gasteiger charge is 2.57. The quantitative estimate of drug-likeness (QED) is 0.799. The van der Waals surface area contributed by atoms with Crippen molar-refractivity contribution < 1.29 is 14.3 Å². The van der Waals surface area contributed by atoms with E-state index in [9.17, 15) is 9.59 Å². The van der Waals surface area contributed by atoms with E-state index in [4.69, 9.17) is 4.74 Å². The molecule has 1 amide bonds. The van der Waals surface area contributed by atoms with Crippen LogP contribution >= 0.6 is 0 Å². The first-order chi connectivity index (χ1) is 11.9. The highest BCUT2D eigenvalue weighted by Crippen LogP contribution is 2.56. The lowest BCUT2D eigenvalue weighted by Crippen LogP contribution is -2.37. The summed E-state index contributed by atoms with van der Waals surface area (Å²) in [6, 6.07) is 5.87. The molecule has 2 heterocycles. The van der Waals surface area contributed by atoms with Crippen molar-refractivity contribution in [3.05, 3.63) is 58.4 Å². The van der Waals surface area contributed by atoms with Crippen molar-refractivity contribution in [2.24, 2.45) is 5.41 Å². The number of likely N-dealkylation sites (N-methyl/N-ethyl adjacent to an activating group) is 1. The van der Waals surface area contributed by atoms with Crippen molar-refractivity contribution in [2.45, 2.75) is 32.2 Å². The molecule has 2 aliphatic heterocycles. The van der Waals surface area contributed by atoms with Gasteiger partial charge in [-0.05, 0) is 36.6 Å². The second kappa shape index (κ2) is 5.22. The van der Waals surface area contributed by atoms with Crippen molar-refractivity contribution in [3.8, 4) is 0 Å². The van der Waals surface area contributed by atoms with Crippen molar-refractivity contribution in [1.82, 2.24) is 10.2 Å². The van der Waals surface area contributed by atoms with E-state index in [2.05, 4.69) is 36.2 Å². The number of rotatable bonds is 1. The minimum absolute atomic E-state index is 0.0476. The molecule has 25 heavy (non-hydrogen) atoms. The number of carbonyl (C=O) groups is 2. The summed E-state index contributed by atoms with van der Waals surface area (Å²) in [6.07, 6.45) is 4.84. The molecule has 0 radical (unpaired) electrons. The van der Waals surface area contributed by atoms with Gasteiger partial charge in [0.25, 0.3) is 0 Å². The molecule has 3 unspecified atom stereocenters.